The van der Waals surface area contributed by atoms with E-state index in [0.29, 0.717) is 18.3 Å². The highest BCUT2D eigenvalue weighted by molar-refractivity contribution is 9.09. The molecule has 0 aromatic carbocycles. The smallest absolute Gasteiger partial charge is 0.212 e. The second kappa shape index (κ2) is 6.97. The Kier molecular flexibility index (Phi) is 6.29. The second-order valence-corrected chi connectivity index (χ2v) is 7.24. The molecule has 0 N–H and O–H groups in total. The summed E-state index contributed by atoms with van der Waals surface area (Å²) < 4.78 is 26.0. The fraction of sp³-hybridized carbons (Fsp3) is 1.00. The predicted octanol–water partition coefficient (Wildman–Crippen LogP) is 2.76. The van der Waals surface area contributed by atoms with Gasteiger partial charge in [0.1, 0.15) is 0 Å². The molecule has 0 aliphatic heterocycles. The lowest BCUT2D eigenvalue weighted by Gasteiger charge is -2.36. The van der Waals surface area contributed by atoms with E-state index in [4.69, 9.17) is 0 Å². The van der Waals surface area contributed by atoms with Crippen molar-refractivity contribution in [2.24, 2.45) is 0 Å². The van der Waals surface area contributed by atoms with E-state index in [2.05, 4.69) is 15.9 Å². The quantitative estimate of drug-likeness (QED) is 0.646. The summed E-state index contributed by atoms with van der Waals surface area (Å²) in [5.41, 5.74) is 0. The number of rotatable bonds is 8. The van der Waals surface area contributed by atoms with E-state index in [1.54, 1.807) is 4.31 Å². The van der Waals surface area contributed by atoms with Crippen LogP contribution in [-0.4, -0.2) is 36.4 Å². The summed E-state index contributed by atoms with van der Waals surface area (Å²) in [5, 5.41) is 0.875. The molecule has 0 heterocycles. The van der Waals surface area contributed by atoms with Crippen molar-refractivity contribution in [3.63, 3.8) is 0 Å². The van der Waals surface area contributed by atoms with Gasteiger partial charge in [-0.2, -0.15) is 4.31 Å². The maximum Gasteiger partial charge on any atom is 0.214 e. The van der Waals surface area contributed by atoms with Crippen molar-refractivity contribution < 1.29 is 8.42 Å². The molecule has 1 rings (SSSR count). The van der Waals surface area contributed by atoms with Crippen molar-refractivity contribution in [3.8, 4) is 0 Å². The van der Waals surface area contributed by atoms with Crippen LogP contribution in [0.25, 0.3) is 0 Å². The standard InChI is InChI=1S/C11H22BrNO2S/c1-2-3-10-16(14,15)13(9-5-8-12)11-6-4-7-11/h11H,2-10H2,1H3. The third kappa shape index (κ3) is 4.00. The van der Waals surface area contributed by atoms with Crippen molar-refractivity contribution in [2.45, 2.75) is 51.5 Å². The minimum Gasteiger partial charge on any atom is -0.212 e. The van der Waals surface area contributed by atoms with Gasteiger partial charge in [-0.05, 0) is 25.7 Å². The van der Waals surface area contributed by atoms with Crippen molar-refractivity contribution in [1.82, 2.24) is 4.31 Å². The molecule has 0 radical (unpaired) electrons. The average molecular weight is 312 g/mol. The van der Waals surface area contributed by atoms with Crippen LogP contribution >= 0.6 is 15.9 Å². The third-order valence-electron chi connectivity index (χ3n) is 3.11. The summed E-state index contributed by atoms with van der Waals surface area (Å²) in [5.74, 6) is 0.322. The highest BCUT2D eigenvalue weighted by atomic mass is 79.9. The molecule has 1 saturated carbocycles. The van der Waals surface area contributed by atoms with Gasteiger partial charge in [0.15, 0.2) is 0 Å². The molecule has 16 heavy (non-hydrogen) atoms. The van der Waals surface area contributed by atoms with Crippen LogP contribution in [0.4, 0.5) is 0 Å². The Hall–Kier alpha value is 0.390. The SMILES string of the molecule is CCCCS(=O)(=O)N(CCCBr)C1CCC1. The molecule has 0 aromatic heterocycles. The molecule has 0 atom stereocenters. The Balaban J connectivity index is 2.58. The molecule has 1 aliphatic carbocycles. The Bertz CT molecular complexity index is 288. The Labute approximate surface area is 108 Å². The lowest BCUT2D eigenvalue weighted by molar-refractivity contribution is 0.220. The van der Waals surface area contributed by atoms with Crippen LogP contribution in [0.5, 0.6) is 0 Å². The summed E-state index contributed by atoms with van der Waals surface area (Å²) in [4.78, 5) is 0. The van der Waals surface area contributed by atoms with Gasteiger partial charge in [0.2, 0.25) is 10.0 Å². The van der Waals surface area contributed by atoms with Gasteiger partial charge in [-0.15, -0.1) is 0 Å². The van der Waals surface area contributed by atoms with Crippen LogP contribution < -0.4 is 0 Å². The zero-order chi connectivity index (χ0) is 12.0. The number of alkyl halides is 1. The number of hydrogen-bond donors (Lipinski definition) is 0. The van der Waals surface area contributed by atoms with Gasteiger partial charge < -0.3 is 0 Å². The van der Waals surface area contributed by atoms with E-state index in [1.165, 1.54) is 6.42 Å². The van der Waals surface area contributed by atoms with Gasteiger partial charge in [-0.3, -0.25) is 0 Å². The zero-order valence-electron chi connectivity index (χ0n) is 9.99. The van der Waals surface area contributed by atoms with E-state index in [0.717, 1.165) is 37.4 Å². The molecule has 0 aromatic rings. The molecule has 0 unspecified atom stereocenters. The monoisotopic (exact) mass is 311 g/mol. The van der Waals surface area contributed by atoms with Crippen molar-refractivity contribution in [2.75, 3.05) is 17.6 Å². The van der Waals surface area contributed by atoms with Crippen LogP contribution in [0.2, 0.25) is 0 Å². The fourth-order valence-corrected chi connectivity index (χ4v) is 4.09. The molecule has 1 aliphatic rings. The lowest BCUT2D eigenvalue weighted by Crippen LogP contribution is -2.45. The summed E-state index contributed by atoms with van der Waals surface area (Å²) in [6, 6.07) is 0.293. The molecule has 0 saturated heterocycles. The number of halogens is 1. The highest BCUT2D eigenvalue weighted by Gasteiger charge is 2.32. The number of unbranched alkanes of at least 4 members (excludes halogenated alkanes) is 1. The summed E-state index contributed by atoms with van der Waals surface area (Å²) in [6.07, 6.45) is 5.90. The number of sulfonamides is 1. The number of nitrogens with zero attached hydrogens (tertiary/aromatic N) is 1. The van der Waals surface area contributed by atoms with Gasteiger partial charge >= 0.3 is 0 Å². The Morgan fingerprint density at radius 2 is 2.00 bits per heavy atom. The third-order valence-corrected chi connectivity index (χ3v) is 5.67. The summed E-state index contributed by atoms with van der Waals surface area (Å²) >= 11 is 3.36. The zero-order valence-corrected chi connectivity index (χ0v) is 12.4. The van der Waals surface area contributed by atoms with Crippen molar-refractivity contribution >= 4 is 26.0 Å². The van der Waals surface area contributed by atoms with Crippen LogP contribution in [0, 0.1) is 0 Å². The minimum absolute atomic E-state index is 0.293. The second-order valence-electron chi connectivity index (χ2n) is 4.41. The molecule has 3 nitrogen and oxygen atoms in total. The van der Waals surface area contributed by atoms with Crippen molar-refractivity contribution in [1.29, 1.82) is 0 Å². The molecular weight excluding hydrogens is 290 g/mol. The average Bonchev–Trinajstić information content (AvgIpc) is 2.18. The first-order valence-electron chi connectivity index (χ1n) is 6.17. The molecule has 0 amide bonds. The van der Waals surface area contributed by atoms with E-state index in [1.807, 2.05) is 6.92 Å². The summed E-state index contributed by atoms with van der Waals surface area (Å²) in [7, 11) is -3.00. The number of hydrogen-bond acceptors (Lipinski definition) is 2. The first-order chi connectivity index (χ1) is 7.61. The molecule has 5 heteroatoms. The highest BCUT2D eigenvalue weighted by Crippen LogP contribution is 2.27. The molecule has 0 spiro atoms. The Morgan fingerprint density at radius 3 is 2.44 bits per heavy atom. The predicted molar refractivity (Wildman–Crippen MR) is 71.5 cm³/mol. The van der Waals surface area contributed by atoms with Crippen LogP contribution in [0.1, 0.15) is 45.4 Å². The lowest BCUT2D eigenvalue weighted by atomic mass is 9.93. The van der Waals surface area contributed by atoms with Gasteiger partial charge in [-0.1, -0.05) is 35.7 Å². The topological polar surface area (TPSA) is 37.4 Å². The largest absolute Gasteiger partial charge is 0.214 e. The van der Waals surface area contributed by atoms with Gasteiger partial charge in [0.25, 0.3) is 0 Å². The van der Waals surface area contributed by atoms with E-state index in [9.17, 15) is 8.42 Å². The summed E-state index contributed by atoms with van der Waals surface area (Å²) in [6.45, 7) is 2.71. The molecule has 1 fully saturated rings. The minimum atomic E-state index is -3.00. The molecule has 0 bridgehead atoms. The van der Waals surface area contributed by atoms with Crippen molar-refractivity contribution in [3.05, 3.63) is 0 Å². The van der Waals surface area contributed by atoms with Crippen LogP contribution in [-0.2, 0) is 10.0 Å². The maximum absolute atomic E-state index is 12.1. The van der Waals surface area contributed by atoms with E-state index < -0.39 is 10.0 Å². The molecular formula is C11H22BrNO2S. The first kappa shape index (κ1) is 14.5. The van der Waals surface area contributed by atoms with Gasteiger partial charge in [-0.25, -0.2) is 8.42 Å². The maximum atomic E-state index is 12.1. The molecule has 96 valence electrons. The van der Waals surface area contributed by atoms with Gasteiger partial charge in [0, 0.05) is 17.9 Å². The fourth-order valence-electron chi connectivity index (χ4n) is 1.88. The normalized spacial score (nSPS) is 17.7. The van der Waals surface area contributed by atoms with E-state index >= 15 is 0 Å². The van der Waals surface area contributed by atoms with Gasteiger partial charge in [0.05, 0.1) is 5.75 Å². The first-order valence-corrected chi connectivity index (χ1v) is 8.90. The van der Waals surface area contributed by atoms with Crippen LogP contribution in [0.3, 0.4) is 0 Å². The Morgan fingerprint density at radius 1 is 1.31 bits per heavy atom. The van der Waals surface area contributed by atoms with E-state index in [-0.39, 0.29) is 0 Å². The van der Waals surface area contributed by atoms with Crippen LogP contribution in [0.15, 0.2) is 0 Å².